The van der Waals surface area contributed by atoms with E-state index >= 15 is 0 Å². The van der Waals surface area contributed by atoms with Gasteiger partial charge in [0, 0.05) is 19.3 Å². The highest BCUT2D eigenvalue weighted by Crippen LogP contribution is 2.45. The molecule has 0 saturated carbocycles. The zero-order valence-electron chi connectivity index (χ0n) is 69.8. The molecule has 0 saturated heterocycles. The molecule has 0 amide bonds. The Labute approximate surface area is 676 Å². The fraction of sp³-hybridized carbons (Fsp3) is 0.688. The lowest BCUT2D eigenvalue weighted by atomic mass is 10.0. The van der Waals surface area contributed by atoms with Crippen LogP contribution in [0.25, 0.3) is 0 Å². The Kier molecular flexibility index (Phi) is 80.9. The predicted molar refractivity (Wildman–Crippen MR) is 463 cm³/mol. The SMILES string of the molecule is CC/C=C\C/C=C\C/C=C\C/C=C\C/C=C\CCCCCCCC(=O)OC(COC(=O)CCCCCCCCCCC/C=C\C/C=C\C/C=C\C/C=C\CCCCC)COP(=O)(O)OCC(O)COP(=O)(O)OCC(O)COC(=O)CCCCCCCCCCCCCCC/C=C\C/C=C\C/C=C\C/C=C\CCCCC. The van der Waals surface area contributed by atoms with Crippen molar-refractivity contribution in [1.29, 1.82) is 0 Å². The molecule has 0 aliphatic carbocycles. The van der Waals surface area contributed by atoms with Gasteiger partial charge in [0.15, 0.2) is 6.10 Å². The van der Waals surface area contributed by atoms with Crippen LogP contribution >= 0.6 is 15.6 Å². The van der Waals surface area contributed by atoms with Crippen LogP contribution in [-0.2, 0) is 55.8 Å². The summed E-state index contributed by atoms with van der Waals surface area (Å²) in [5.41, 5.74) is 0. The van der Waals surface area contributed by atoms with Gasteiger partial charge in [0.2, 0.25) is 0 Å². The number of hydrogen-bond acceptors (Lipinski definition) is 14. The second kappa shape index (κ2) is 84.6. The summed E-state index contributed by atoms with van der Waals surface area (Å²) < 4.78 is 61.4. The molecule has 0 aromatic carbocycles. The van der Waals surface area contributed by atoms with Gasteiger partial charge >= 0.3 is 33.6 Å². The van der Waals surface area contributed by atoms with Crippen LogP contribution in [0.15, 0.2) is 158 Å². The van der Waals surface area contributed by atoms with Crippen molar-refractivity contribution in [2.45, 2.75) is 373 Å². The number of carbonyl (C=O) groups is 3. The summed E-state index contributed by atoms with van der Waals surface area (Å²) >= 11 is 0. The molecule has 0 aromatic heterocycles. The molecule has 0 rings (SSSR count). The van der Waals surface area contributed by atoms with Crippen LogP contribution in [0.4, 0.5) is 0 Å². The van der Waals surface area contributed by atoms with Gasteiger partial charge < -0.3 is 34.2 Å². The van der Waals surface area contributed by atoms with Crippen LogP contribution in [0, 0.1) is 0 Å². The predicted octanol–water partition coefficient (Wildman–Crippen LogP) is 26.5. The molecule has 16 nitrogen and oxygen atoms in total. The van der Waals surface area contributed by atoms with E-state index in [2.05, 4.69) is 179 Å². The largest absolute Gasteiger partial charge is 0.472 e. The minimum Gasteiger partial charge on any atom is -0.463 e. The summed E-state index contributed by atoms with van der Waals surface area (Å²) in [5.74, 6) is -1.60. The second-order valence-electron chi connectivity index (χ2n) is 29.0. The molecule has 0 aliphatic heterocycles. The molecule has 18 heteroatoms. The van der Waals surface area contributed by atoms with E-state index < -0.39 is 91.5 Å². The van der Waals surface area contributed by atoms with Crippen molar-refractivity contribution in [3.8, 4) is 0 Å². The Morgan fingerprint density at radius 3 is 0.757 bits per heavy atom. The van der Waals surface area contributed by atoms with Gasteiger partial charge in [-0.25, -0.2) is 9.13 Å². The van der Waals surface area contributed by atoms with E-state index in [1.807, 2.05) is 0 Å². The van der Waals surface area contributed by atoms with Crippen molar-refractivity contribution in [3.05, 3.63) is 158 Å². The van der Waals surface area contributed by atoms with Gasteiger partial charge in [0.1, 0.15) is 25.4 Å². The first-order chi connectivity index (χ1) is 54.2. The van der Waals surface area contributed by atoms with Gasteiger partial charge in [-0.05, 0) is 154 Å². The van der Waals surface area contributed by atoms with Crippen molar-refractivity contribution in [3.63, 3.8) is 0 Å². The number of aliphatic hydroxyl groups excluding tert-OH is 2. The molecular weight excluding hydrogens is 1430 g/mol. The molecule has 636 valence electrons. The van der Waals surface area contributed by atoms with Gasteiger partial charge in [-0.2, -0.15) is 0 Å². The lowest BCUT2D eigenvalue weighted by molar-refractivity contribution is -0.161. The summed E-state index contributed by atoms with van der Waals surface area (Å²) in [7, 11) is -9.82. The molecule has 0 fully saturated rings. The Morgan fingerprint density at radius 2 is 0.477 bits per heavy atom. The number of carbonyl (C=O) groups excluding carboxylic acids is 3. The summed E-state index contributed by atoms with van der Waals surface area (Å²) in [5, 5.41) is 20.7. The van der Waals surface area contributed by atoms with Crippen molar-refractivity contribution < 1.29 is 75.8 Å². The molecule has 0 spiro atoms. The molecule has 5 unspecified atom stereocenters. The summed E-state index contributed by atoms with van der Waals surface area (Å²) in [6.07, 6.45) is 107. The van der Waals surface area contributed by atoms with Crippen LogP contribution in [0.5, 0.6) is 0 Å². The monoisotopic (exact) mass is 1590 g/mol. The Bertz CT molecular complexity index is 2650. The highest BCUT2D eigenvalue weighted by Gasteiger charge is 2.29. The highest BCUT2D eigenvalue weighted by molar-refractivity contribution is 7.47. The number of phosphoric acid groups is 2. The Morgan fingerprint density at radius 1 is 0.261 bits per heavy atom. The van der Waals surface area contributed by atoms with Gasteiger partial charge in [-0.3, -0.25) is 32.5 Å². The highest BCUT2D eigenvalue weighted by atomic mass is 31.2. The van der Waals surface area contributed by atoms with Crippen LogP contribution in [0.2, 0.25) is 0 Å². The fourth-order valence-electron chi connectivity index (χ4n) is 11.6. The number of unbranched alkanes of at least 4 members (excludes halogenated alkanes) is 33. The van der Waals surface area contributed by atoms with Crippen molar-refractivity contribution >= 4 is 33.6 Å². The number of ether oxygens (including phenoxy) is 3. The maximum absolute atomic E-state index is 13.0. The third-order valence-corrected chi connectivity index (χ3v) is 20.1. The molecule has 111 heavy (non-hydrogen) atoms. The maximum atomic E-state index is 13.0. The minimum atomic E-state index is -4.95. The van der Waals surface area contributed by atoms with Crippen molar-refractivity contribution in [2.24, 2.45) is 0 Å². The molecule has 0 bridgehead atoms. The third kappa shape index (κ3) is 85.9. The lowest BCUT2D eigenvalue weighted by Crippen LogP contribution is -2.30. The molecule has 4 N–H and O–H groups in total. The minimum absolute atomic E-state index is 0.0763. The number of hydrogen-bond donors (Lipinski definition) is 4. The maximum Gasteiger partial charge on any atom is 0.472 e. The van der Waals surface area contributed by atoms with E-state index in [0.29, 0.717) is 19.3 Å². The topological polar surface area (TPSA) is 231 Å². The molecule has 0 heterocycles. The molecule has 5 atom stereocenters. The number of rotatable bonds is 82. The summed E-state index contributed by atoms with van der Waals surface area (Å²) in [6, 6.07) is 0. The molecular formula is C93H158O16P2. The van der Waals surface area contributed by atoms with E-state index in [1.54, 1.807) is 0 Å². The van der Waals surface area contributed by atoms with Gasteiger partial charge in [0.25, 0.3) is 0 Å². The first kappa shape index (κ1) is 106. The number of aliphatic hydroxyl groups is 2. The van der Waals surface area contributed by atoms with E-state index in [0.717, 1.165) is 161 Å². The van der Waals surface area contributed by atoms with E-state index in [1.165, 1.54) is 135 Å². The average Bonchev–Trinajstić information content (AvgIpc) is 0.903. The van der Waals surface area contributed by atoms with Gasteiger partial charge in [0.05, 0.1) is 26.4 Å². The first-order valence-corrected chi connectivity index (χ1v) is 46.8. The molecule has 0 radical (unpaired) electrons. The van der Waals surface area contributed by atoms with Crippen molar-refractivity contribution in [1.82, 2.24) is 0 Å². The van der Waals surface area contributed by atoms with Crippen LogP contribution in [-0.4, -0.2) is 95.9 Å². The van der Waals surface area contributed by atoms with Crippen LogP contribution in [0.1, 0.15) is 355 Å². The summed E-state index contributed by atoms with van der Waals surface area (Å²) in [4.78, 5) is 58.9. The standard InChI is InChI=1S/C93H158O16P2/c1-4-7-10-13-16-19-22-25-28-31-34-37-39-41-42-43-44-46-48-50-52-55-58-61-64-67-70-73-76-79-91(96)103-82-88(94)83-105-110(99,100)106-84-89(95)85-107-111(101,102)108-87-90(109-93(98)81-78-75-72-69-66-63-60-57-54-49-36-33-30-27-24-21-18-15-12-9-6-3)86-104-92(97)80-77-74-71-68-65-62-59-56-53-51-47-45-40-38-35-32-29-26-23-20-17-14-11-8-5-2/h9,12,16-21,25-30,34-38,41-42,45,47,49,57,60,88-90,94-95H,4-8,10-11,13-15,22-24,31-33,39-40,43-44,46,48,50-56,58-59,61-87H2,1-3H3,(H,99,100)(H,101,102)/b12-9-,19-16-,20-17-,21-18-,28-25-,29-26-,30-27-,37-34-,38-35-,42-41-,47-45-,49-36-,60-57-. The Balaban J connectivity index is 4.64. The van der Waals surface area contributed by atoms with Gasteiger partial charge in [-0.1, -0.05) is 339 Å². The molecule has 0 aliphatic rings. The first-order valence-electron chi connectivity index (χ1n) is 43.8. The molecule has 0 aromatic rings. The summed E-state index contributed by atoms with van der Waals surface area (Å²) in [6.45, 7) is 2.51. The lowest BCUT2D eigenvalue weighted by Gasteiger charge is -2.21. The smallest absolute Gasteiger partial charge is 0.463 e. The van der Waals surface area contributed by atoms with Crippen LogP contribution in [0.3, 0.4) is 0 Å². The quantitative estimate of drug-likeness (QED) is 0.0146. The number of esters is 3. The Hall–Kier alpha value is -4.83. The third-order valence-electron chi connectivity index (χ3n) is 18.2. The number of allylic oxidation sites excluding steroid dienone is 26. The van der Waals surface area contributed by atoms with Crippen molar-refractivity contribution in [2.75, 3.05) is 39.6 Å². The normalized spacial score (nSPS) is 14.6. The van der Waals surface area contributed by atoms with Gasteiger partial charge in [-0.15, -0.1) is 0 Å². The van der Waals surface area contributed by atoms with E-state index in [-0.39, 0.29) is 19.3 Å². The fourth-order valence-corrected chi connectivity index (χ4v) is 13.2. The zero-order chi connectivity index (χ0) is 80.8. The van der Waals surface area contributed by atoms with Crippen LogP contribution < -0.4 is 0 Å². The second-order valence-corrected chi connectivity index (χ2v) is 31.9. The van der Waals surface area contributed by atoms with E-state index in [4.69, 9.17) is 32.3 Å². The zero-order valence-corrected chi connectivity index (χ0v) is 71.6. The number of phosphoric ester groups is 2. The van der Waals surface area contributed by atoms with E-state index in [9.17, 15) is 43.5 Å². The average molecular weight is 1590 g/mol.